The first-order chi connectivity index (χ1) is 12.1. The Labute approximate surface area is 150 Å². The number of thiazole rings is 1. The molecule has 2 aliphatic heterocycles. The molecule has 3 atom stereocenters. The van der Waals surface area contributed by atoms with E-state index in [1.54, 1.807) is 6.20 Å². The van der Waals surface area contributed by atoms with Gasteiger partial charge < -0.3 is 16.0 Å². The molecular weight excluding hydrogens is 336 g/mol. The number of hydrogen-bond donors (Lipinski definition) is 3. The average molecular weight is 356 g/mol. The molecule has 7 heteroatoms. The number of carbonyl (C=O) groups excluding carboxylic acids is 2. The first kappa shape index (κ1) is 16.2. The van der Waals surface area contributed by atoms with Crippen molar-refractivity contribution in [2.75, 3.05) is 5.32 Å². The van der Waals surface area contributed by atoms with Gasteiger partial charge in [-0.15, -0.1) is 11.3 Å². The molecule has 1 aromatic carbocycles. The zero-order chi connectivity index (χ0) is 17.4. The Morgan fingerprint density at radius 1 is 1.24 bits per heavy atom. The van der Waals surface area contributed by atoms with Crippen molar-refractivity contribution in [3.8, 4) is 10.4 Å². The average Bonchev–Trinajstić information content (AvgIpc) is 3.31. The number of anilines is 1. The summed E-state index contributed by atoms with van der Waals surface area (Å²) in [5, 5.41) is 9.87. The van der Waals surface area contributed by atoms with Crippen LogP contribution in [0.25, 0.3) is 10.4 Å². The minimum Gasteiger partial charge on any atom is -0.346 e. The van der Waals surface area contributed by atoms with Crippen molar-refractivity contribution in [1.29, 1.82) is 0 Å². The van der Waals surface area contributed by atoms with Gasteiger partial charge in [-0.3, -0.25) is 9.59 Å². The first-order valence-corrected chi connectivity index (χ1v) is 9.31. The highest BCUT2D eigenvalue weighted by atomic mass is 32.1. The van der Waals surface area contributed by atoms with E-state index < -0.39 is 0 Å². The summed E-state index contributed by atoms with van der Waals surface area (Å²) >= 11 is 1.39. The van der Waals surface area contributed by atoms with E-state index in [0.717, 1.165) is 29.0 Å². The van der Waals surface area contributed by atoms with Crippen molar-refractivity contribution in [2.24, 2.45) is 0 Å². The van der Waals surface area contributed by atoms with Gasteiger partial charge in [-0.05, 0) is 37.0 Å². The Bertz CT molecular complexity index is 802. The highest BCUT2D eigenvalue weighted by Crippen LogP contribution is 2.30. The Balaban J connectivity index is 1.42. The number of nitrogens with zero attached hydrogens (tertiary/aromatic N) is 1. The predicted molar refractivity (Wildman–Crippen MR) is 97.7 cm³/mol. The summed E-state index contributed by atoms with van der Waals surface area (Å²) in [6.45, 7) is 1.48. The molecule has 4 rings (SSSR count). The second-order valence-corrected chi connectivity index (χ2v) is 7.68. The van der Waals surface area contributed by atoms with E-state index in [9.17, 15) is 9.59 Å². The zero-order valence-electron chi connectivity index (χ0n) is 13.9. The molecule has 0 radical (unpaired) electrons. The normalized spacial score (nSPS) is 24.3. The summed E-state index contributed by atoms with van der Waals surface area (Å²) in [6, 6.07) is 8.71. The monoisotopic (exact) mass is 356 g/mol. The first-order valence-electron chi connectivity index (χ1n) is 8.49. The number of rotatable bonds is 4. The third-order valence-electron chi connectivity index (χ3n) is 4.81. The van der Waals surface area contributed by atoms with E-state index in [0.29, 0.717) is 17.1 Å². The van der Waals surface area contributed by atoms with Crippen LogP contribution in [-0.2, 0) is 4.79 Å². The number of nitrogens with one attached hydrogen (secondary N) is 3. The van der Waals surface area contributed by atoms with Gasteiger partial charge in [0.25, 0.3) is 5.91 Å². The highest BCUT2D eigenvalue weighted by molar-refractivity contribution is 7.16. The summed E-state index contributed by atoms with van der Waals surface area (Å²) in [5.74, 6) is -0.190. The molecule has 0 saturated carbocycles. The van der Waals surface area contributed by atoms with E-state index in [2.05, 4.69) is 20.9 Å². The van der Waals surface area contributed by atoms with Crippen molar-refractivity contribution in [3.63, 3.8) is 0 Å². The summed E-state index contributed by atoms with van der Waals surface area (Å²) < 4.78 is 0. The van der Waals surface area contributed by atoms with Crippen LogP contribution in [0.4, 0.5) is 5.69 Å². The molecule has 2 aliphatic rings. The van der Waals surface area contributed by atoms with Gasteiger partial charge in [0.05, 0.1) is 4.88 Å². The lowest BCUT2D eigenvalue weighted by Gasteiger charge is -2.20. The van der Waals surface area contributed by atoms with Crippen molar-refractivity contribution in [3.05, 3.63) is 35.5 Å². The van der Waals surface area contributed by atoms with Gasteiger partial charge in [-0.1, -0.05) is 12.1 Å². The molecule has 2 amide bonds. The molecule has 1 aromatic heterocycles. The Morgan fingerprint density at radius 3 is 2.68 bits per heavy atom. The van der Waals surface area contributed by atoms with Crippen LogP contribution < -0.4 is 16.0 Å². The molecule has 6 nitrogen and oxygen atoms in total. The van der Waals surface area contributed by atoms with Crippen molar-refractivity contribution < 1.29 is 9.59 Å². The van der Waals surface area contributed by atoms with E-state index in [-0.39, 0.29) is 17.9 Å². The smallest absolute Gasteiger partial charge is 0.280 e. The molecule has 0 spiro atoms. The topological polar surface area (TPSA) is 83.1 Å². The highest BCUT2D eigenvalue weighted by Gasteiger charge is 2.39. The largest absolute Gasteiger partial charge is 0.346 e. The third kappa shape index (κ3) is 3.43. The van der Waals surface area contributed by atoms with Crippen LogP contribution in [0, 0.1) is 0 Å². The van der Waals surface area contributed by atoms with Gasteiger partial charge >= 0.3 is 0 Å². The van der Waals surface area contributed by atoms with E-state index >= 15 is 0 Å². The Morgan fingerprint density at radius 2 is 2.04 bits per heavy atom. The summed E-state index contributed by atoms with van der Waals surface area (Å²) in [4.78, 5) is 28.7. The molecule has 0 aliphatic carbocycles. The van der Waals surface area contributed by atoms with Gasteiger partial charge in [0.2, 0.25) is 5.91 Å². The van der Waals surface area contributed by atoms with E-state index in [4.69, 9.17) is 0 Å². The van der Waals surface area contributed by atoms with Crippen molar-refractivity contribution in [1.82, 2.24) is 15.6 Å². The number of fused-ring (bicyclic) bond motifs is 2. The second-order valence-electron chi connectivity index (χ2n) is 6.65. The fourth-order valence-corrected chi connectivity index (χ4v) is 4.47. The number of amides is 2. The summed E-state index contributed by atoms with van der Waals surface area (Å²) in [6.07, 6.45) is 5.09. The number of benzene rings is 1. The fraction of sp³-hybridized carbons (Fsp3) is 0.389. The molecule has 3 heterocycles. The maximum Gasteiger partial charge on any atom is 0.280 e. The fourth-order valence-electron chi connectivity index (χ4n) is 3.65. The van der Waals surface area contributed by atoms with Crippen LogP contribution in [0.15, 0.2) is 30.5 Å². The van der Waals surface area contributed by atoms with Crippen LogP contribution in [0.5, 0.6) is 0 Å². The quantitative estimate of drug-likeness (QED) is 0.785. The maximum absolute atomic E-state index is 12.5. The van der Waals surface area contributed by atoms with Crippen LogP contribution in [0.2, 0.25) is 0 Å². The second kappa shape index (κ2) is 6.57. The number of aromatic nitrogens is 1. The lowest BCUT2D eigenvalue weighted by molar-refractivity contribution is -0.114. The summed E-state index contributed by atoms with van der Waals surface area (Å²) in [5.41, 5.74) is 1.73. The standard InChI is InChI=1S/C18H20N4O2S/c1-10(23)20-12-4-2-11(3-5-12)16-9-19-18(25-16)17(24)22-15-8-13-6-7-14(15)21-13/h2-5,9,13-15,21H,6-8H2,1H3,(H,20,23)(H,22,24). The minimum absolute atomic E-state index is 0.0922. The van der Waals surface area contributed by atoms with Gasteiger partial charge in [0, 0.05) is 36.9 Å². The van der Waals surface area contributed by atoms with Crippen molar-refractivity contribution >= 4 is 28.8 Å². The molecular formula is C18H20N4O2S. The molecule has 3 unspecified atom stereocenters. The van der Waals surface area contributed by atoms with Gasteiger partial charge in [0.15, 0.2) is 5.01 Å². The SMILES string of the molecule is CC(=O)Nc1ccc(-c2cnc(C(=O)NC3CC4CCC3N4)s2)cc1. The maximum atomic E-state index is 12.5. The van der Waals surface area contributed by atoms with E-state index in [1.807, 2.05) is 24.3 Å². The third-order valence-corrected chi connectivity index (χ3v) is 5.85. The van der Waals surface area contributed by atoms with Gasteiger partial charge in [-0.2, -0.15) is 0 Å². The Kier molecular flexibility index (Phi) is 4.27. The number of hydrogen-bond acceptors (Lipinski definition) is 5. The van der Waals surface area contributed by atoms with Crippen LogP contribution >= 0.6 is 11.3 Å². The lowest BCUT2D eigenvalue weighted by Crippen LogP contribution is -2.42. The predicted octanol–water partition coefficient (Wildman–Crippen LogP) is 2.39. The molecule has 2 fully saturated rings. The lowest BCUT2D eigenvalue weighted by atomic mass is 9.95. The van der Waals surface area contributed by atoms with Crippen LogP contribution in [0.1, 0.15) is 36.0 Å². The van der Waals surface area contributed by atoms with Crippen LogP contribution in [-0.4, -0.2) is 34.9 Å². The molecule has 25 heavy (non-hydrogen) atoms. The number of carbonyl (C=O) groups is 2. The zero-order valence-corrected chi connectivity index (χ0v) is 14.7. The Hall–Kier alpha value is -2.25. The molecule has 2 saturated heterocycles. The minimum atomic E-state index is -0.0976. The van der Waals surface area contributed by atoms with Gasteiger partial charge in [0.1, 0.15) is 0 Å². The van der Waals surface area contributed by atoms with E-state index in [1.165, 1.54) is 24.7 Å². The molecule has 130 valence electrons. The van der Waals surface area contributed by atoms with Crippen molar-refractivity contribution in [2.45, 2.75) is 44.3 Å². The molecule has 2 bridgehead atoms. The molecule has 2 aromatic rings. The molecule has 3 N–H and O–H groups in total. The summed E-state index contributed by atoms with van der Waals surface area (Å²) in [7, 11) is 0. The van der Waals surface area contributed by atoms with Crippen LogP contribution in [0.3, 0.4) is 0 Å². The van der Waals surface area contributed by atoms with Gasteiger partial charge in [-0.25, -0.2) is 4.98 Å².